The highest BCUT2D eigenvalue weighted by Gasteiger charge is 2.31. The summed E-state index contributed by atoms with van der Waals surface area (Å²) in [4.78, 5) is 0. The van der Waals surface area contributed by atoms with Gasteiger partial charge >= 0.3 is 0 Å². The molecule has 0 bridgehead atoms. The molecule has 0 aromatic heterocycles. The maximum atomic E-state index is 9.54. The molecule has 0 aliphatic carbocycles. The van der Waals surface area contributed by atoms with Gasteiger partial charge in [0.15, 0.2) is 0 Å². The summed E-state index contributed by atoms with van der Waals surface area (Å²) < 4.78 is 5.70. The third-order valence-corrected chi connectivity index (χ3v) is 3.54. The van der Waals surface area contributed by atoms with Gasteiger partial charge in [-0.1, -0.05) is 18.2 Å². The normalized spacial score (nSPS) is 24.5. The summed E-state index contributed by atoms with van der Waals surface area (Å²) in [5.74, 6) is 0.907. The molecule has 1 saturated heterocycles. The van der Waals surface area contributed by atoms with Crippen molar-refractivity contribution in [3.8, 4) is 5.75 Å². The predicted octanol–water partition coefficient (Wildman–Crippen LogP) is 1.82. The quantitative estimate of drug-likeness (QED) is 0.818. The van der Waals surface area contributed by atoms with Gasteiger partial charge < -0.3 is 15.2 Å². The first-order chi connectivity index (χ1) is 8.35. The molecule has 94 valence electrons. The summed E-state index contributed by atoms with van der Waals surface area (Å²) in [6.07, 6.45) is 3.14. The molecule has 1 aliphatic heterocycles. The third kappa shape index (κ3) is 3.45. The fourth-order valence-electron chi connectivity index (χ4n) is 2.36. The van der Waals surface area contributed by atoms with E-state index in [1.54, 1.807) is 0 Å². The zero-order valence-corrected chi connectivity index (χ0v) is 10.2. The third-order valence-electron chi connectivity index (χ3n) is 3.54. The van der Waals surface area contributed by atoms with Gasteiger partial charge in [-0.25, -0.2) is 0 Å². The Hall–Kier alpha value is -1.06. The zero-order chi connectivity index (χ0) is 12.0. The van der Waals surface area contributed by atoms with Gasteiger partial charge in [0.1, 0.15) is 5.75 Å². The van der Waals surface area contributed by atoms with E-state index in [2.05, 4.69) is 5.32 Å². The fraction of sp³-hybridized carbons (Fsp3) is 0.571. The summed E-state index contributed by atoms with van der Waals surface area (Å²) in [5, 5.41) is 12.9. The Morgan fingerprint density at radius 2 is 2.12 bits per heavy atom. The van der Waals surface area contributed by atoms with Crippen molar-refractivity contribution in [3.63, 3.8) is 0 Å². The molecule has 3 nitrogen and oxygen atoms in total. The van der Waals surface area contributed by atoms with Crippen LogP contribution >= 0.6 is 0 Å². The van der Waals surface area contributed by atoms with Gasteiger partial charge in [0.2, 0.25) is 0 Å². The largest absolute Gasteiger partial charge is 0.494 e. The Labute approximate surface area is 103 Å². The first kappa shape index (κ1) is 12.4. The van der Waals surface area contributed by atoms with Crippen LogP contribution in [0.1, 0.15) is 19.3 Å². The zero-order valence-electron chi connectivity index (χ0n) is 10.2. The standard InChI is InChI=1S/C14H21NO2/c16-12-14(7-4-9-15-11-14)8-10-17-13-5-2-1-3-6-13/h1-3,5-6,15-16H,4,7-12H2. The van der Waals surface area contributed by atoms with E-state index in [1.165, 1.54) is 0 Å². The van der Waals surface area contributed by atoms with Gasteiger partial charge in [-0.15, -0.1) is 0 Å². The molecule has 1 aliphatic rings. The second-order valence-corrected chi connectivity index (χ2v) is 4.85. The Bertz CT molecular complexity index is 320. The fourth-order valence-corrected chi connectivity index (χ4v) is 2.36. The maximum absolute atomic E-state index is 9.54. The van der Waals surface area contributed by atoms with Crippen LogP contribution in [0.25, 0.3) is 0 Å². The second kappa shape index (κ2) is 6.03. The summed E-state index contributed by atoms with van der Waals surface area (Å²) >= 11 is 0. The molecular formula is C14H21NO2. The number of hydrogen-bond donors (Lipinski definition) is 2. The van der Waals surface area contributed by atoms with Crippen LogP contribution in [0.4, 0.5) is 0 Å². The number of rotatable bonds is 5. The molecule has 1 atom stereocenters. The molecule has 0 amide bonds. The lowest BCUT2D eigenvalue weighted by molar-refractivity contribution is 0.0701. The number of ether oxygens (including phenoxy) is 1. The topological polar surface area (TPSA) is 41.5 Å². The van der Waals surface area contributed by atoms with Crippen molar-refractivity contribution >= 4 is 0 Å². The molecule has 1 fully saturated rings. The van der Waals surface area contributed by atoms with E-state index < -0.39 is 0 Å². The van der Waals surface area contributed by atoms with Gasteiger partial charge in [0, 0.05) is 12.0 Å². The first-order valence-corrected chi connectivity index (χ1v) is 6.34. The summed E-state index contributed by atoms with van der Waals surface area (Å²) in [6, 6.07) is 9.85. The number of benzene rings is 1. The van der Waals surface area contributed by atoms with Crippen LogP contribution in [0, 0.1) is 5.41 Å². The summed E-state index contributed by atoms with van der Waals surface area (Å²) in [6.45, 7) is 2.90. The Morgan fingerprint density at radius 1 is 1.29 bits per heavy atom. The maximum Gasteiger partial charge on any atom is 0.119 e. The van der Waals surface area contributed by atoms with Gasteiger partial charge in [-0.05, 0) is 37.9 Å². The van der Waals surface area contributed by atoms with Gasteiger partial charge in [0.05, 0.1) is 13.2 Å². The average molecular weight is 235 g/mol. The smallest absolute Gasteiger partial charge is 0.119 e. The van der Waals surface area contributed by atoms with E-state index in [0.29, 0.717) is 6.61 Å². The Balaban J connectivity index is 1.80. The van der Waals surface area contributed by atoms with E-state index in [-0.39, 0.29) is 12.0 Å². The van der Waals surface area contributed by atoms with Crippen LogP contribution in [0.15, 0.2) is 30.3 Å². The van der Waals surface area contributed by atoms with E-state index in [4.69, 9.17) is 4.74 Å². The van der Waals surface area contributed by atoms with Gasteiger partial charge in [-0.2, -0.15) is 0 Å². The Kier molecular flexibility index (Phi) is 4.40. The molecule has 0 radical (unpaired) electrons. The molecule has 1 aromatic rings. The van der Waals surface area contributed by atoms with Crippen LogP contribution < -0.4 is 10.1 Å². The van der Waals surface area contributed by atoms with Crippen LogP contribution in [0.3, 0.4) is 0 Å². The number of nitrogens with one attached hydrogen (secondary N) is 1. The number of aliphatic hydroxyl groups is 1. The van der Waals surface area contributed by atoms with Crippen LogP contribution in [0.5, 0.6) is 5.75 Å². The van der Waals surface area contributed by atoms with Gasteiger partial charge in [0.25, 0.3) is 0 Å². The van der Waals surface area contributed by atoms with Crippen molar-refractivity contribution in [1.82, 2.24) is 5.32 Å². The minimum atomic E-state index is 0.0209. The minimum Gasteiger partial charge on any atom is -0.494 e. The average Bonchev–Trinajstić information content (AvgIpc) is 2.41. The molecule has 3 heteroatoms. The van der Waals surface area contributed by atoms with Crippen LogP contribution in [0.2, 0.25) is 0 Å². The summed E-state index contributed by atoms with van der Waals surface area (Å²) in [5.41, 5.74) is 0.0209. The highest BCUT2D eigenvalue weighted by atomic mass is 16.5. The van der Waals surface area contributed by atoms with Crippen molar-refractivity contribution in [1.29, 1.82) is 0 Å². The second-order valence-electron chi connectivity index (χ2n) is 4.85. The molecule has 17 heavy (non-hydrogen) atoms. The Morgan fingerprint density at radius 3 is 2.76 bits per heavy atom. The number of hydrogen-bond acceptors (Lipinski definition) is 3. The molecule has 1 heterocycles. The minimum absolute atomic E-state index is 0.0209. The lowest BCUT2D eigenvalue weighted by atomic mass is 9.79. The van der Waals surface area contributed by atoms with Crippen molar-refractivity contribution < 1.29 is 9.84 Å². The first-order valence-electron chi connectivity index (χ1n) is 6.34. The lowest BCUT2D eigenvalue weighted by Gasteiger charge is -2.36. The number of para-hydroxylation sites is 1. The highest BCUT2D eigenvalue weighted by molar-refractivity contribution is 5.20. The summed E-state index contributed by atoms with van der Waals surface area (Å²) in [7, 11) is 0. The molecule has 1 unspecified atom stereocenters. The van der Waals surface area contributed by atoms with E-state index >= 15 is 0 Å². The predicted molar refractivity (Wildman–Crippen MR) is 68.2 cm³/mol. The monoisotopic (exact) mass is 235 g/mol. The van der Waals surface area contributed by atoms with Crippen LogP contribution in [-0.2, 0) is 0 Å². The van der Waals surface area contributed by atoms with Gasteiger partial charge in [-0.3, -0.25) is 0 Å². The van der Waals surface area contributed by atoms with E-state index in [1.807, 2.05) is 30.3 Å². The molecule has 0 saturated carbocycles. The van der Waals surface area contributed by atoms with Crippen LogP contribution in [-0.4, -0.2) is 31.4 Å². The molecular weight excluding hydrogens is 214 g/mol. The molecule has 2 rings (SSSR count). The number of aliphatic hydroxyl groups excluding tert-OH is 1. The van der Waals surface area contributed by atoms with E-state index in [0.717, 1.165) is 38.1 Å². The highest BCUT2D eigenvalue weighted by Crippen LogP contribution is 2.29. The lowest BCUT2D eigenvalue weighted by Crippen LogP contribution is -2.43. The van der Waals surface area contributed by atoms with Crippen molar-refractivity contribution in [3.05, 3.63) is 30.3 Å². The van der Waals surface area contributed by atoms with Crippen molar-refractivity contribution in [2.75, 3.05) is 26.3 Å². The molecule has 1 aromatic carbocycles. The molecule has 0 spiro atoms. The van der Waals surface area contributed by atoms with E-state index in [9.17, 15) is 5.11 Å². The van der Waals surface area contributed by atoms with Crippen molar-refractivity contribution in [2.45, 2.75) is 19.3 Å². The van der Waals surface area contributed by atoms with Crippen molar-refractivity contribution in [2.24, 2.45) is 5.41 Å². The number of piperidine rings is 1. The SMILES string of the molecule is OCC1(CCOc2ccccc2)CCCNC1. The molecule has 2 N–H and O–H groups in total.